The second-order valence-corrected chi connectivity index (χ2v) is 4.41. The fraction of sp³-hybridized carbons (Fsp3) is 0.769. The summed E-state index contributed by atoms with van der Waals surface area (Å²) in [5.74, 6) is 0.990. The molecule has 0 aliphatic rings. The summed E-state index contributed by atoms with van der Waals surface area (Å²) in [4.78, 5) is 12.3. The summed E-state index contributed by atoms with van der Waals surface area (Å²) in [6.07, 6.45) is 4.71. The van der Waals surface area contributed by atoms with E-state index in [1.807, 2.05) is 0 Å². The van der Waals surface area contributed by atoms with E-state index in [1.165, 1.54) is 26.4 Å². The molecule has 1 rings (SSSR count). The van der Waals surface area contributed by atoms with Crippen LogP contribution in [0.25, 0.3) is 0 Å². The molecule has 0 aliphatic carbocycles. The minimum Gasteiger partial charge on any atom is -0.467 e. The first-order valence-corrected chi connectivity index (χ1v) is 6.84. The largest absolute Gasteiger partial charge is 0.467 e. The normalized spacial score (nSPS) is 12.0. The molecule has 0 fully saturated rings. The molecule has 6 heteroatoms. The standard InChI is InChI=1S/C13H24N4O2/c1-5-7-8-10(6-2)9-19-13-16-11(14-3)15-12(17-13)18-4/h10H,5-9H2,1-4H3,(H,14,15,16,17). The summed E-state index contributed by atoms with van der Waals surface area (Å²) in [6, 6.07) is 0.571. The smallest absolute Gasteiger partial charge is 0.324 e. The highest BCUT2D eigenvalue weighted by molar-refractivity contribution is 5.26. The van der Waals surface area contributed by atoms with Gasteiger partial charge in [-0.1, -0.05) is 33.1 Å². The summed E-state index contributed by atoms with van der Waals surface area (Å²) in [5, 5.41) is 2.86. The van der Waals surface area contributed by atoms with E-state index in [0.29, 0.717) is 24.5 Å². The number of rotatable bonds is 9. The van der Waals surface area contributed by atoms with E-state index in [9.17, 15) is 0 Å². The molecule has 0 saturated heterocycles. The minimum absolute atomic E-state index is 0.260. The number of methoxy groups -OCH3 is 1. The highest BCUT2D eigenvalue weighted by atomic mass is 16.5. The Kier molecular flexibility index (Phi) is 6.92. The van der Waals surface area contributed by atoms with Gasteiger partial charge in [0.05, 0.1) is 13.7 Å². The average molecular weight is 268 g/mol. The maximum absolute atomic E-state index is 5.66. The van der Waals surface area contributed by atoms with Gasteiger partial charge in [0.1, 0.15) is 0 Å². The number of hydrogen-bond acceptors (Lipinski definition) is 6. The van der Waals surface area contributed by atoms with Crippen LogP contribution in [-0.4, -0.2) is 35.7 Å². The maximum atomic E-state index is 5.66. The summed E-state index contributed by atoms with van der Waals surface area (Å²) in [6.45, 7) is 5.01. The van der Waals surface area contributed by atoms with Gasteiger partial charge in [-0.2, -0.15) is 9.97 Å². The van der Waals surface area contributed by atoms with Crippen molar-refractivity contribution < 1.29 is 9.47 Å². The van der Waals surface area contributed by atoms with E-state index in [0.717, 1.165) is 6.42 Å². The van der Waals surface area contributed by atoms with Crippen LogP contribution >= 0.6 is 0 Å². The zero-order valence-electron chi connectivity index (χ0n) is 12.3. The molecular weight excluding hydrogens is 244 g/mol. The van der Waals surface area contributed by atoms with Crippen molar-refractivity contribution in [2.24, 2.45) is 5.92 Å². The molecule has 108 valence electrons. The van der Waals surface area contributed by atoms with Gasteiger partial charge in [-0.05, 0) is 12.3 Å². The molecular formula is C13H24N4O2. The summed E-state index contributed by atoms with van der Waals surface area (Å²) in [5.41, 5.74) is 0. The molecule has 1 aromatic rings. The molecule has 1 N–H and O–H groups in total. The molecule has 0 radical (unpaired) electrons. The Balaban J connectivity index is 2.60. The SMILES string of the molecule is CCCCC(CC)COc1nc(NC)nc(OC)n1. The average Bonchev–Trinajstić information content (AvgIpc) is 2.47. The lowest BCUT2D eigenvalue weighted by atomic mass is 10.0. The van der Waals surface area contributed by atoms with E-state index >= 15 is 0 Å². The summed E-state index contributed by atoms with van der Waals surface area (Å²) < 4.78 is 10.7. The van der Waals surface area contributed by atoms with Crippen LogP contribution < -0.4 is 14.8 Å². The van der Waals surface area contributed by atoms with Gasteiger partial charge in [0.25, 0.3) is 0 Å². The van der Waals surface area contributed by atoms with Crippen LogP contribution in [0.4, 0.5) is 5.95 Å². The maximum Gasteiger partial charge on any atom is 0.324 e. The fourth-order valence-electron chi connectivity index (χ4n) is 1.70. The number of nitrogens with zero attached hydrogens (tertiary/aromatic N) is 3. The minimum atomic E-state index is 0.260. The lowest BCUT2D eigenvalue weighted by Crippen LogP contribution is -2.14. The number of unbranched alkanes of at least 4 members (excludes halogenated alkanes) is 1. The number of aromatic nitrogens is 3. The van der Waals surface area contributed by atoms with Gasteiger partial charge in [0.15, 0.2) is 0 Å². The third-order valence-electron chi connectivity index (χ3n) is 2.99. The highest BCUT2D eigenvalue weighted by Crippen LogP contribution is 2.16. The Labute approximate surface area is 115 Å². The van der Waals surface area contributed by atoms with Gasteiger partial charge >= 0.3 is 12.0 Å². The van der Waals surface area contributed by atoms with Crippen molar-refractivity contribution in [1.82, 2.24) is 15.0 Å². The molecule has 1 heterocycles. The molecule has 0 bridgehead atoms. The zero-order valence-corrected chi connectivity index (χ0v) is 12.3. The van der Waals surface area contributed by atoms with Gasteiger partial charge in [-0.3, -0.25) is 0 Å². The Hall–Kier alpha value is -1.59. The van der Waals surface area contributed by atoms with E-state index in [1.54, 1.807) is 7.05 Å². The number of nitrogens with one attached hydrogen (secondary N) is 1. The van der Waals surface area contributed by atoms with Crippen molar-refractivity contribution in [1.29, 1.82) is 0 Å². The summed E-state index contributed by atoms with van der Waals surface area (Å²) in [7, 11) is 3.27. The predicted molar refractivity (Wildman–Crippen MR) is 74.7 cm³/mol. The van der Waals surface area contributed by atoms with Crippen molar-refractivity contribution in [3.8, 4) is 12.0 Å². The lowest BCUT2D eigenvalue weighted by molar-refractivity contribution is 0.214. The van der Waals surface area contributed by atoms with Crippen LogP contribution in [0.1, 0.15) is 39.5 Å². The molecule has 1 aromatic heterocycles. The Morgan fingerprint density at radius 2 is 1.89 bits per heavy atom. The van der Waals surface area contributed by atoms with Crippen LogP contribution in [-0.2, 0) is 0 Å². The van der Waals surface area contributed by atoms with Crippen LogP contribution in [0.15, 0.2) is 0 Å². The van der Waals surface area contributed by atoms with Crippen LogP contribution in [0.2, 0.25) is 0 Å². The molecule has 0 saturated carbocycles. The van der Waals surface area contributed by atoms with Crippen molar-refractivity contribution in [2.45, 2.75) is 39.5 Å². The molecule has 19 heavy (non-hydrogen) atoms. The number of ether oxygens (including phenoxy) is 2. The van der Waals surface area contributed by atoms with Crippen molar-refractivity contribution in [3.05, 3.63) is 0 Å². The van der Waals surface area contributed by atoms with E-state index < -0.39 is 0 Å². The van der Waals surface area contributed by atoms with Crippen LogP contribution in [0.3, 0.4) is 0 Å². The molecule has 1 atom stereocenters. The second-order valence-electron chi connectivity index (χ2n) is 4.41. The predicted octanol–water partition coefficient (Wildman–Crippen LogP) is 2.52. The van der Waals surface area contributed by atoms with Crippen LogP contribution in [0, 0.1) is 5.92 Å². The molecule has 0 amide bonds. The molecule has 1 unspecified atom stereocenters. The highest BCUT2D eigenvalue weighted by Gasteiger charge is 2.11. The molecule has 6 nitrogen and oxygen atoms in total. The Morgan fingerprint density at radius 3 is 2.47 bits per heavy atom. The fourth-order valence-corrected chi connectivity index (χ4v) is 1.70. The third kappa shape index (κ3) is 5.28. The van der Waals surface area contributed by atoms with Gasteiger partial charge in [-0.25, -0.2) is 0 Å². The van der Waals surface area contributed by atoms with Crippen molar-refractivity contribution in [3.63, 3.8) is 0 Å². The quantitative estimate of drug-likeness (QED) is 0.742. The second kappa shape index (κ2) is 8.50. The number of hydrogen-bond donors (Lipinski definition) is 1. The lowest BCUT2D eigenvalue weighted by Gasteiger charge is -2.14. The van der Waals surface area contributed by atoms with Crippen molar-refractivity contribution in [2.75, 3.05) is 26.1 Å². The summed E-state index contributed by atoms with van der Waals surface area (Å²) >= 11 is 0. The zero-order chi connectivity index (χ0) is 14.1. The molecule has 0 aliphatic heterocycles. The van der Waals surface area contributed by atoms with E-state index in [4.69, 9.17) is 9.47 Å². The Morgan fingerprint density at radius 1 is 1.16 bits per heavy atom. The van der Waals surface area contributed by atoms with Gasteiger partial charge < -0.3 is 14.8 Å². The molecule has 0 spiro atoms. The monoisotopic (exact) mass is 268 g/mol. The van der Waals surface area contributed by atoms with Gasteiger partial charge in [0.2, 0.25) is 5.95 Å². The Bertz CT molecular complexity index is 351. The molecule has 0 aromatic carbocycles. The third-order valence-corrected chi connectivity index (χ3v) is 2.99. The van der Waals surface area contributed by atoms with Crippen LogP contribution in [0.5, 0.6) is 12.0 Å². The van der Waals surface area contributed by atoms with Gasteiger partial charge in [-0.15, -0.1) is 4.98 Å². The first-order chi connectivity index (χ1) is 9.23. The van der Waals surface area contributed by atoms with Gasteiger partial charge in [0, 0.05) is 7.05 Å². The first kappa shape index (κ1) is 15.5. The van der Waals surface area contributed by atoms with E-state index in [2.05, 4.69) is 34.1 Å². The van der Waals surface area contributed by atoms with E-state index in [-0.39, 0.29) is 6.01 Å². The topological polar surface area (TPSA) is 69.2 Å². The first-order valence-electron chi connectivity index (χ1n) is 6.84. The number of anilines is 1. The van der Waals surface area contributed by atoms with Crippen molar-refractivity contribution >= 4 is 5.95 Å².